The first-order chi connectivity index (χ1) is 10.7. The van der Waals surface area contributed by atoms with E-state index in [2.05, 4.69) is 17.5 Å². The van der Waals surface area contributed by atoms with Gasteiger partial charge < -0.3 is 5.32 Å². The molecule has 1 heterocycles. The SMILES string of the molecule is CC(NC(=O)c1cc2c(s1)CCCC2)c1ccc(C#N)cc1. The second kappa shape index (κ2) is 6.33. The van der Waals surface area contributed by atoms with Crippen LogP contribution in [0.4, 0.5) is 0 Å². The summed E-state index contributed by atoms with van der Waals surface area (Å²) in [6, 6.07) is 11.4. The van der Waals surface area contributed by atoms with Crippen LogP contribution >= 0.6 is 11.3 Å². The van der Waals surface area contributed by atoms with Crippen LogP contribution in [0, 0.1) is 11.3 Å². The Morgan fingerprint density at radius 3 is 2.68 bits per heavy atom. The maximum atomic E-state index is 12.4. The van der Waals surface area contributed by atoms with Crippen molar-refractivity contribution in [1.82, 2.24) is 5.32 Å². The lowest BCUT2D eigenvalue weighted by Gasteiger charge is -2.13. The van der Waals surface area contributed by atoms with Gasteiger partial charge >= 0.3 is 0 Å². The Labute approximate surface area is 134 Å². The van der Waals surface area contributed by atoms with Crippen LogP contribution in [0.5, 0.6) is 0 Å². The number of carbonyl (C=O) groups is 1. The van der Waals surface area contributed by atoms with Gasteiger partial charge in [-0.1, -0.05) is 12.1 Å². The molecule has 0 aliphatic heterocycles. The van der Waals surface area contributed by atoms with Gasteiger partial charge in [-0.2, -0.15) is 5.26 Å². The molecule has 0 saturated heterocycles. The van der Waals surface area contributed by atoms with E-state index in [0.717, 1.165) is 23.3 Å². The largest absolute Gasteiger partial charge is 0.345 e. The maximum Gasteiger partial charge on any atom is 0.261 e. The monoisotopic (exact) mass is 310 g/mol. The fraction of sp³-hybridized carbons (Fsp3) is 0.333. The molecule has 3 rings (SSSR count). The van der Waals surface area contributed by atoms with E-state index < -0.39 is 0 Å². The zero-order valence-electron chi connectivity index (χ0n) is 12.6. The molecule has 0 radical (unpaired) electrons. The highest BCUT2D eigenvalue weighted by Crippen LogP contribution is 2.30. The zero-order valence-corrected chi connectivity index (χ0v) is 13.4. The third kappa shape index (κ3) is 3.05. The van der Waals surface area contributed by atoms with E-state index in [1.54, 1.807) is 23.5 Å². The fourth-order valence-electron chi connectivity index (χ4n) is 2.80. The third-order valence-corrected chi connectivity index (χ3v) is 5.34. The van der Waals surface area contributed by atoms with Crippen molar-refractivity contribution in [3.63, 3.8) is 0 Å². The normalized spacial score (nSPS) is 14.7. The molecule has 0 bridgehead atoms. The van der Waals surface area contributed by atoms with Crippen molar-refractivity contribution in [2.24, 2.45) is 0 Å². The van der Waals surface area contributed by atoms with E-state index in [9.17, 15) is 4.79 Å². The Hall–Kier alpha value is -2.12. The summed E-state index contributed by atoms with van der Waals surface area (Å²) >= 11 is 1.63. The molecule has 22 heavy (non-hydrogen) atoms. The second-order valence-electron chi connectivity index (χ2n) is 5.70. The van der Waals surface area contributed by atoms with Crippen LogP contribution in [-0.4, -0.2) is 5.91 Å². The summed E-state index contributed by atoms with van der Waals surface area (Å²) in [7, 11) is 0. The molecular formula is C18H18N2OS. The second-order valence-corrected chi connectivity index (χ2v) is 6.83. The minimum atomic E-state index is -0.0700. The molecule has 3 nitrogen and oxygen atoms in total. The molecule has 1 unspecified atom stereocenters. The number of nitriles is 1. The Morgan fingerprint density at radius 1 is 1.27 bits per heavy atom. The molecule has 2 aromatic rings. The highest BCUT2D eigenvalue weighted by atomic mass is 32.1. The topological polar surface area (TPSA) is 52.9 Å². The minimum absolute atomic E-state index is 0.00346. The Kier molecular flexibility index (Phi) is 4.26. The van der Waals surface area contributed by atoms with Crippen LogP contribution < -0.4 is 5.32 Å². The first kappa shape index (κ1) is 14.8. The smallest absolute Gasteiger partial charge is 0.261 e. The van der Waals surface area contributed by atoms with Crippen LogP contribution in [0.2, 0.25) is 0 Å². The van der Waals surface area contributed by atoms with E-state index in [0.29, 0.717) is 5.56 Å². The van der Waals surface area contributed by atoms with Crippen molar-refractivity contribution in [3.8, 4) is 6.07 Å². The highest BCUT2D eigenvalue weighted by molar-refractivity contribution is 7.14. The number of nitrogens with zero attached hydrogens (tertiary/aromatic N) is 1. The van der Waals surface area contributed by atoms with Gasteiger partial charge in [0, 0.05) is 4.88 Å². The first-order valence-electron chi connectivity index (χ1n) is 7.60. The quantitative estimate of drug-likeness (QED) is 0.932. The van der Waals surface area contributed by atoms with E-state index in [1.807, 2.05) is 19.1 Å². The summed E-state index contributed by atoms with van der Waals surface area (Å²) in [5, 5.41) is 11.9. The lowest BCUT2D eigenvalue weighted by Crippen LogP contribution is -2.25. The number of rotatable bonds is 3. The molecule has 1 aromatic heterocycles. The molecular weight excluding hydrogens is 292 g/mol. The minimum Gasteiger partial charge on any atom is -0.345 e. The average molecular weight is 310 g/mol. The van der Waals surface area contributed by atoms with Crippen molar-refractivity contribution < 1.29 is 4.79 Å². The number of hydrogen-bond acceptors (Lipinski definition) is 3. The lowest BCUT2D eigenvalue weighted by atomic mass is 9.99. The van der Waals surface area contributed by atoms with Crippen molar-refractivity contribution in [3.05, 3.63) is 56.8 Å². The van der Waals surface area contributed by atoms with E-state index in [-0.39, 0.29) is 11.9 Å². The van der Waals surface area contributed by atoms with Crippen molar-refractivity contribution in [1.29, 1.82) is 5.26 Å². The van der Waals surface area contributed by atoms with Gasteiger partial charge in [-0.15, -0.1) is 11.3 Å². The van der Waals surface area contributed by atoms with Crippen molar-refractivity contribution in [2.45, 2.75) is 38.6 Å². The number of carbonyl (C=O) groups excluding carboxylic acids is 1. The Bertz CT molecular complexity index is 701. The van der Waals surface area contributed by atoms with Gasteiger partial charge in [0.05, 0.1) is 22.6 Å². The van der Waals surface area contributed by atoms with E-state index >= 15 is 0 Å². The number of benzene rings is 1. The first-order valence-corrected chi connectivity index (χ1v) is 8.41. The number of thiophene rings is 1. The van der Waals surface area contributed by atoms with Gasteiger partial charge in [0.1, 0.15) is 0 Å². The number of fused-ring (bicyclic) bond motifs is 1. The van der Waals surface area contributed by atoms with Gasteiger partial charge in [-0.05, 0) is 61.9 Å². The fourth-order valence-corrected chi connectivity index (χ4v) is 3.96. The number of hydrogen-bond donors (Lipinski definition) is 1. The van der Waals surface area contributed by atoms with Crippen LogP contribution in [0.1, 0.15) is 57.0 Å². The van der Waals surface area contributed by atoms with Crippen LogP contribution in [-0.2, 0) is 12.8 Å². The third-order valence-electron chi connectivity index (χ3n) is 4.11. The molecule has 1 N–H and O–H groups in total. The molecule has 0 fully saturated rings. The molecule has 0 spiro atoms. The Morgan fingerprint density at radius 2 is 2.00 bits per heavy atom. The summed E-state index contributed by atoms with van der Waals surface area (Å²) in [6.45, 7) is 1.97. The molecule has 4 heteroatoms. The lowest BCUT2D eigenvalue weighted by molar-refractivity contribution is 0.0944. The standard InChI is InChI=1S/C18H18N2OS/c1-12(14-8-6-13(11-19)7-9-14)20-18(21)17-10-15-4-2-3-5-16(15)22-17/h6-10,12H,2-5H2,1H3,(H,20,21). The van der Waals surface area contributed by atoms with Gasteiger partial charge in [0.15, 0.2) is 0 Å². The Balaban J connectivity index is 1.70. The predicted octanol–water partition coefficient (Wildman–Crippen LogP) is 3.99. The van der Waals surface area contributed by atoms with Gasteiger partial charge in [0.2, 0.25) is 0 Å². The number of amides is 1. The summed E-state index contributed by atoms with van der Waals surface area (Å²) < 4.78 is 0. The van der Waals surface area contributed by atoms with Crippen LogP contribution in [0.25, 0.3) is 0 Å². The van der Waals surface area contributed by atoms with Gasteiger partial charge in [-0.25, -0.2) is 0 Å². The summed E-state index contributed by atoms with van der Waals surface area (Å²) in [5.74, 6) is -0.00346. The van der Waals surface area contributed by atoms with Gasteiger partial charge in [-0.3, -0.25) is 4.79 Å². The van der Waals surface area contributed by atoms with E-state index in [1.165, 1.54) is 23.3 Å². The molecule has 1 atom stereocenters. The molecule has 1 aliphatic carbocycles. The van der Waals surface area contributed by atoms with E-state index in [4.69, 9.17) is 5.26 Å². The molecule has 0 saturated carbocycles. The molecule has 1 amide bonds. The highest BCUT2D eigenvalue weighted by Gasteiger charge is 2.18. The predicted molar refractivity (Wildman–Crippen MR) is 88.0 cm³/mol. The van der Waals surface area contributed by atoms with Crippen LogP contribution in [0.3, 0.4) is 0 Å². The van der Waals surface area contributed by atoms with Crippen molar-refractivity contribution in [2.75, 3.05) is 0 Å². The summed E-state index contributed by atoms with van der Waals surface area (Å²) in [4.78, 5) is 14.6. The van der Waals surface area contributed by atoms with Gasteiger partial charge in [0.25, 0.3) is 5.91 Å². The summed E-state index contributed by atoms with van der Waals surface area (Å²) in [6.07, 6.45) is 4.67. The molecule has 112 valence electrons. The van der Waals surface area contributed by atoms with Crippen LogP contribution in [0.15, 0.2) is 30.3 Å². The number of aryl methyl sites for hydroxylation is 2. The number of nitrogens with one attached hydrogen (secondary N) is 1. The zero-order chi connectivity index (χ0) is 15.5. The maximum absolute atomic E-state index is 12.4. The average Bonchev–Trinajstić information content (AvgIpc) is 2.99. The summed E-state index contributed by atoms with van der Waals surface area (Å²) in [5.41, 5.74) is 2.99. The molecule has 1 aromatic carbocycles. The molecule has 1 aliphatic rings. The van der Waals surface area contributed by atoms with Crippen molar-refractivity contribution >= 4 is 17.2 Å².